The highest BCUT2D eigenvalue weighted by molar-refractivity contribution is 7.99. The van der Waals surface area contributed by atoms with Gasteiger partial charge in [0.15, 0.2) is 0 Å². The fourth-order valence-electron chi connectivity index (χ4n) is 3.56. The highest BCUT2D eigenvalue weighted by Gasteiger charge is 2.22. The van der Waals surface area contributed by atoms with Crippen LogP contribution in [0.4, 0.5) is 0 Å². The van der Waals surface area contributed by atoms with E-state index < -0.39 is 0 Å². The molecule has 1 aliphatic rings. The molecule has 7 nitrogen and oxygen atoms in total. The van der Waals surface area contributed by atoms with Crippen molar-refractivity contribution < 1.29 is 4.79 Å². The van der Waals surface area contributed by atoms with Crippen molar-refractivity contribution in [3.63, 3.8) is 0 Å². The van der Waals surface area contributed by atoms with Crippen molar-refractivity contribution in [1.29, 1.82) is 0 Å². The van der Waals surface area contributed by atoms with Crippen molar-refractivity contribution in [1.82, 2.24) is 30.0 Å². The van der Waals surface area contributed by atoms with E-state index in [1.807, 2.05) is 35.2 Å². The Morgan fingerprint density at radius 2 is 1.70 bits per heavy atom. The Balaban J connectivity index is 1.25. The maximum absolute atomic E-state index is 12.7. The number of piperazine rings is 1. The quantitative estimate of drug-likeness (QED) is 0.545. The van der Waals surface area contributed by atoms with Gasteiger partial charge in [-0.3, -0.25) is 9.69 Å². The summed E-state index contributed by atoms with van der Waals surface area (Å²) >= 11 is 1.40. The van der Waals surface area contributed by atoms with Crippen LogP contribution in [0.5, 0.6) is 0 Å². The van der Waals surface area contributed by atoms with Gasteiger partial charge in [-0.15, -0.1) is 5.10 Å². The molecular formula is C22H26N6OS. The average molecular weight is 423 g/mol. The molecule has 0 spiro atoms. The predicted octanol–water partition coefficient (Wildman–Crippen LogP) is 2.47. The molecule has 1 aliphatic heterocycles. The second-order valence-corrected chi connectivity index (χ2v) is 8.42. The smallest absolute Gasteiger partial charge is 0.233 e. The first-order valence-electron chi connectivity index (χ1n) is 10.2. The molecule has 0 unspecified atom stereocenters. The molecule has 2 heterocycles. The van der Waals surface area contributed by atoms with E-state index in [0.717, 1.165) is 38.3 Å². The van der Waals surface area contributed by atoms with Crippen LogP contribution in [-0.4, -0.2) is 67.8 Å². The topological polar surface area (TPSA) is 67.2 Å². The molecule has 1 saturated heterocycles. The minimum Gasteiger partial charge on any atom is -0.339 e. The molecule has 8 heteroatoms. The molecule has 3 aromatic rings. The van der Waals surface area contributed by atoms with Crippen LogP contribution in [0.1, 0.15) is 16.7 Å². The molecule has 4 rings (SSSR count). The first-order chi connectivity index (χ1) is 14.7. The number of thioether (sulfide) groups is 1. The number of tetrazole rings is 1. The summed E-state index contributed by atoms with van der Waals surface area (Å²) in [6.45, 7) is 7.02. The minimum absolute atomic E-state index is 0.143. The van der Waals surface area contributed by atoms with Crippen LogP contribution in [0.25, 0.3) is 0 Å². The fraction of sp³-hybridized carbons (Fsp3) is 0.364. The highest BCUT2D eigenvalue weighted by Crippen LogP contribution is 2.17. The van der Waals surface area contributed by atoms with Gasteiger partial charge in [-0.2, -0.15) is 0 Å². The number of carbonyl (C=O) groups excluding carboxylic acids is 1. The van der Waals surface area contributed by atoms with Gasteiger partial charge in [0.1, 0.15) is 0 Å². The first-order valence-corrected chi connectivity index (χ1v) is 11.1. The Kier molecular flexibility index (Phi) is 6.76. The van der Waals surface area contributed by atoms with Crippen molar-refractivity contribution in [3.8, 4) is 0 Å². The maximum Gasteiger partial charge on any atom is 0.233 e. The Bertz CT molecular complexity index is 969. The zero-order valence-electron chi connectivity index (χ0n) is 17.1. The van der Waals surface area contributed by atoms with Crippen LogP contribution in [0, 0.1) is 6.92 Å². The van der Waals surface area contributed by atoms with E-state index in [2.05, 4.69) is 51.6 Å². The van der Waals surface area contributed by atoms with E-state index in [1.54, 1.807) is 4.68 Å². The summed E-state index contributed by atoms with van der Waals surface area (Å²) in [5.41, 5.74) is 3.81. The monoisotopic (exact) mass is 422 g/mol. The number of benzene rings is 2. The van der Waals surface area contributed by atoms with Gasteiger partial charge >= 0.3 is 0 Å². The molecule has 0 atom stereocenters. The molecule has 2 aromatic carbocycles. The molecule has 0 N–H and O–H groups in total. The van der Waals surface area contributed by atoms with E-state index in [1.165, 1.54) is 22.9 Å². The fourth-order valence-corrected chi connectivity index (χ4v) is 4.34. The molecule has 0 bridgehead atoms. The van der Waals surface area contributed by atoms with Crippen LogP contribution in [0.15, 0.2) is 59.8 Å². The van der Waals surface area contributed by atoms with Gasteiger partial charge in [0.2, 0.25) is 11.1 Å². The zero-order chi connectivity index (χ0) is 20.8. The maximum atomic E-state index is 12.7. The SMILES string of the molecule is Cc1ccccc1CN1CCN(C(=O)CSc2nnnn2Cc2ccccc2)CC1. The van der Waals surface area contributed by atoms with Crippen LogP contribution in [0.2, 0.25) is 0 Å². The third-order valence-electron chi connectivity index (χ3n) is 5.38. The number of carbonyl (C=O) groups is 1. The van der Waals surface area contributed by atoms with Crippen molar-refractivity contribution in [2.75, 3.05) is 31.9 Å². The van der Waals surface area contributed by atoms with Crippen LogP contribution >= 0.6 is 11.8 Å². The largest absolute Gasteiger partial charge is 0.339 e. The molecule has 0 aliphatic carbocycles. The van der Waals surface area contributed by atoms with E-state index in [-0.39, 0.29) is 5.91 Å². The summed E-state index contributed by atoms with van der Waals surface area (Å²) in [7, 11) is 0. The number of rotatable bonds is 7. The number of amides is 1. The summed E-state index contributed by atoms with van der Waals surface area (Å²) in [6, 6.07) is 18.5. The van der Waals surface area contributed by atoms with Gasteiger partial charge in [-0.05, 0) is 34.0 Å². The van der Waals surface area contributed by atoms with Crippen molar-refractivity contribution in [2.45, 2.75) is 25.2 Å². The normalized spacial score (nSPS) is 14.8. The second kappa shape index (κ2) is 9.86. The summed E-state index contributed by atoms with van der Waals surface area (Å²) in [5.74, 6) is 0.497. The lowest BCUT2D eigenvalue weighted by Crippen LogP contribution is -2.48. The standard InChI is InChI=1S/C22H26N6OS/c1-18-7-5-6-10-20(18)16-26-11-13-27(14-12-26)21(29)17-30-22-23-24-25-28(22)15-19-8-3-2-4-9-19/h2-10H,11-17H2,1H3. The summed E-state index contributed by atoms with van der Waals surface area (Å²) in [4.78, 5) is 17.1. The summed E-state index contributed by atoms with van der Waals surface area (Å²) < 4.78 is 1.74. The molecule has 1 amide bonds. The zero-order valence-corrected chi connectivity index (χ0v) is 18.0. The number of aromatic nitrogens is 4. The Labute approximate surface area is 181 Å². The van der Waals surface area contributed by atoms with Crippen molar-refractivity contribution >= 4 is 17.7 Å². The molecule has 156 valence electrons. The molecule has 1 aromatic heterocycles. The van der Waals surface area contributed by atoms with Crippen LogP contribution in [-0.2, 0) is 17.9 Å². The van der Waals surface area contributed by atoms with E-state index in [9.17, 15) is 4.79 Å². The number of nitrogens with zero attached hydrogens (tertiary/aromatic N) is 6. The van der Waals surface area contributed by atoms with Crippen molar-refractivity contribution in [3.05, 3.63) is 71.3 Å². The van der Waals surface area contributed by atoms with Gasteiger partial charge in [0.05, 0.1) is 12.3 Å². The predicted molar refractivity (Wildman–Crippen MR) is 117 cm³/mol. The Morgan fingerprint density at radius 1 is 0.967 bits per heavy atom. The lowest BCUT2D eigenvalue weighted by molar-refractivity contribution is -0.130. The second-order valence-electron chi connectivity index (χ2n) is 7.48. The van der Waals surface area contributed by atoms with Crippen LogP contribution < -0.4 is 0 Å². The summed E-state index contributed by atoms with van der Waals surface area (Å²) in [6.07, 6.45) is 0. The lowest BCUT2D eigenvalue weighted by Gasteiger charge is -2.35. The van der Waals surface area contributed by atoms with Crippen LogP contribution in [0.3, 0.4) is 0 Å². The Hall–Kier alpha value is -2.71. The third kappa shape index (κ3) is 5.25. The number of hydrogen-bond acceptors (Lipinski definition) is 6. The van der Waals surface area contributed by atoms with Gasteiger partial charge in [-0.25, -0.2) is 4.68 Å². The minimum atomic E-state index is 0.143. The van der Waals surface area contributed by atoms with Gasteiger partial charge in [0, 0.05) is 32.7 Å². The van der Waals surface area contributed by atoms with Crippen molar-refractivity contribution in [2.24, 2.45) is 0 Å². The Morgan fingerprint density at radius 3 is 2.47 bits per heavy atom. The van der Waals surface area contributed by atoms with E-state index in [4.69, 9.17) is 0 Å². The molecular weight excluding hydrogens is 396 g/mol. The van der Waals surface area contributed by atoms with Gasteiger partial charge in [-0.1, -0.05) is 66.4 Å². The first kappa shape index (κ1) is 20.6. The third-order valence-corrected chi connectivity index (χ3v) is 6.32. The number of aryl methyl sites for hydroxylation is 1. The van der Waals surface area contributed by atoms with Gasteiger partial charge < -0.3 is 4.90 Å². The highest BCUT2D eigenvalue weighted by atomic mass is 32.2. The molecule has 30 heavy (non-hydrogen) atoms. The van der Waals surface area contributed by atoms with E-state index >= 15 is 0 Å². The van der Waals surface area contributed by atoms with E-state index in [0.29, 0.717) is 17.5 Å². The average Bonchev–Trinajstić information content (AvgIpc) is 3.22. The lowest BCUT2D eigenvalue weighted by atomic mass is 10.1. The molecule has 1 fully saturated rings. The molecule has 0 radical (unpaired) electrons. The van der Waals surface area contributed by atoms with Gasteiger partial charge in [0.25, 0.3) is 0 Å². The molecule has 0 saturated carbocycles. The number of hydrogen-bond donors (Lipinski definition) is 0. The summed E-state index contributed by atoms with van der Waals surface area (Å²) in [5, 5.41) is 12.6.